The Hall–Kier alpha value is -1.13. The van der Waals surface area contributed by atoms with Gasteiger partial charge in [0.05, 0.1) is 0 Å². The fraction of sp³-hybridized carbons (Fsp3) is 0.722. The van der Waals surface area contributed by atoms with Crippen LogP contribution in [0.3, 0.4) is 0 Å². The molecule has 2 saturated carbocycles. The average Bonchev–Trinajstić information content (AvgIpc) is 3.02. The van der Waals surface area contributed by atoms with E-state index in [1.54, 1.807) is 7.11 Å². The first-order valence-electron chi connectivity index (χ1n) is 8.00. The van der Waals surface area contributed by atoms with Crippen molar-refractivity contribution in [2.45, 2.75) is 46.2 Å². The van der Waals surface area contributed by atoms with Crippen LogP contribution in [0.2, 0.25) is 0 Å². The molecule has 0 aromatic heterocycles. The van der Waals surface area contributed by atoms with E-state index in [2.05, 4.69) is 27.0 Å². The Morgan fingerprint density at radius 3 is 2.59 bits per heavy atom. The second-order valence-corrected chi connectivity index (χ2v) is 7.46. The van der Waals surface area contributed by atoms with Crippen molar-refractivity contribution in [3.05, 3.63) is 24.3 Å². The lowest BCUT2D eigenvalue weighted by Gasteiger charge is -2.43. The van der Waals surface area contributed by atoms with Gasteiger partial charge in [0, 0.05) is 25.9 Å². The van der Waals surface area contributed by atoms with Gasteiger partial charge in [0.25, 0.3) is 0 Å². The minimum absolute atomic E-state index is 0.0143. The van der Waals surface area contributed by atoms with E-state index in [1.165, 1.54) is 6.92 Å². The normalized spacial score (nSPS) is 42.9. The molecule has 0 spiro atoms. The van der Waals surface area contributed by atoms with E-state index in [-0.39, 0.29) is 17.8 Å². The highest BCUT2D eigenvalue weighted by molar-refractivity contribution is 5.66. The largest absolute Gasteiger partial charge is 0.435 e. The summed E-state index contributed by atoms with van der Waals surface area (Å²) in [5.74, 6) is 1.06. The summed E-state index contributed by atoms with van der Waals surface area (Å²) in [4.78, 5) is 11.5. The number of esters is 1. The highest BCUT2D eigenvalue weighted by Crippen LogP contribution is 2.69. The minimum Gasteiger partial charge on any atom is -0.435 e. The van der Waals surface area contributed by atoms with Gasteiger partial charge in [0.2, 0.25) is 6.29 Å². The molecule has 22 heavy (non-hydrogen) atoms. The molecule has 1 aliphatic heterocycles. The summed E-state index contributed by atoms with van der Waals surface area (Å²) in [7, 11) is 1.60. The van der Waals surface area contributed by atoms with Gasteiger partial charge in [-0.3, -0.25) is 4.79 Å². The molecule has 1 saturated heterocycles. The number of fused-ring (bicyclic) bond motifs is 3. The molecule has 3 rings (SSSR count). The molecule has 0 amide bonds. The highest BCUT2D eigenvalue weighted by Gasteiger charge is 2.66. The molecule has 2 aliphatic carbocycles. The lowest BCUT2D eigenvalue weighted by Crippen LogP contribution is -2.47. The number of carbonyl (C=O) groups is 1. The van der Waals surface area contributed by atoms with Crippen LogP contribution in [0.15, 0.2) is 24.3 Å². The zero-order valence-electron chi connectivity index (χ0n) is 13.9. The molecule has 1 heterocycles. The van der Waals surface area contributed by atoms with Crippen LogP contribution in [-0.4, -0.2) is 25.7 Å². The lowest BCUT2D eigenvalue weighted by molar-refractivity contribution is -0.258. The van der Waals surface area contributed by atoms with Crippen molar-refractivity contribution >= 4 is 5.97 Å². The summed E-state index contributed by atoms with van der Waals surface area (Å²) < 4.78 is 16.8. The van der Waals surface area contributed by atoms with Gasteiger partial charge in [0.1, 0.15) is 0 Å². The first-order chi connectivity index (χ1) is 10.3. The molecule has 0 radical (unpaired) electrons. The van der Waals surface area contributed by atoms with Crippen LogP contribution in [0.4, 0.5) is 0 Å². The van der Waals surface area contributed by atoms with E-state index < -0.39 is 12.6 Å². The van der Waals surface area contributed by atoms with E-state index in [9.17, 15) is 4.79 Å². The van der Waals surface area contributed by atoms with Crippen molar-refractivity contribution in [1.29, 1.82) is 0 Å². The molecule has 122 valence electrons. The maximum atomic E-state index is 11.5. The number of carbonyl (C=O) groups excluding carboxylic acids is 1. The molecule has 0 aromatic carbocycles. The van der Waals surface area contributed by atoms with Crippen molar-refractivity contribution in [1.82, 2.24) is 0 Å². The van der Waals surface area contributed by atoms with Crippen LogP contribution >= 0.6 is 0 Å². The van der Waals surface area contributed by atoms with E-state index in [0.29, 0.717) is 17.3 Å². The molecule has 3 aliphatic rings. The van der Waals surface area contributed by atoms with Crippen molar-refractivity contribution in [2.24, 2.45) is 29.1 Å². The van der Waals surface area contributed by atoms with Crippen LogP contribution in [0.5, 0.6) is 0 Å². The number of ether oxygens (including phenoxy) is 3. The molecule has 3 fully saturated rings. The summed E-state index contributed by atoms with van der Waals surface area (Å²) in [5, 5.41) is 0. The van der Waals surface area contributed by atoms with Crippen molar-refractivity contribution in [3.63, 3.8) is 0 Å². The monoisotopic (exact) mass is 306 g/mol. The van der Waals surface area contributed by atoms with E-state index >= 15 is 0 Å². The van der Waals surface area contributed by atoms with E-state index in [1.807, 2.05) is 0 Å². The number of hydrogen-bond donors (Lipinski definition) is 0. The van der Waals surface area contributed by atoms with Gasteiger partial charge in [-0.05, 0) is 35.7 Å². The van der Waals surface area contributed by atoms with Gasteiger partial charge < -0.3 is 14.2 Å². The molecule has 0 aromatic rings. The van der Waals surface area contributed by atoms with Gasteiger partial charge in [-0.15, -0.1) is 0 Å². The van der Waals surface area contributed by atoms with Gasteiger partial charge >= 0.3 is 5.97 Å². The predicted molar refractivity (Wildman–Crippen MR) is 82.7 cm³/mol. The maximum Gasteiger partial charge on any atom is 0.304 e. The summed E-state index contributed by atoms with van der Waals surface area (Å²) in [5.41, 5.74) is 2.36. The van der Waals surface area contributed by atoms with Gasteiger partial charge in [0.15, 0.2) is 6.29 Å². The third kappa shape index (κ3) is 2.24. The Morgan fingerprint density at radius 1 is 1.32 bits per heavy atom. The van der Waals surface area contributed by atoms with Crippen molar-refractivity contribution < 1.29 is 19.0 Å². The zero-order chi connectivity index (χ0) is 16.2. The van der Waals surface area contributed by atoms with Crippen LogP contribution in [0, 0.1) is 29.1 Å². The Balaban J connectivity index is 1.98. The van der Waals surface area contributed by atoms with Gasteiger partial charge in [-0.25, -0.2) is 0 Å². The average molecular weight is 306 g/mol. The van der Waals surface area contributed by atoms with Crippen LogP contribution < -0.4 is 0 Å². The molecular formula is C18H26O4. The molecule has 0 unspecified atom stereocenters. The topological polar surface area (TPSA) is 44.8 Å². The van der Waals surface area contributed by atoms with Crippen LogP contribution in [-0.2, 0) is 19.0 Å². The Morgan fingerprint density at radius 2 is 2.00 bits per heavy atom. The Labute approximate surface area is 132 Å². The van der Waals surface area contributed by atoms with Gasteiger partial charge in [-0.1, -0.05) is 32.6 Å². The quantitative estimate of drug-likeness (QED) is 0.580. The lowest BCUT2D eigenvalue weighted by atomic mass is 9.74. The molecule has 4 nitrogen and oxygen atoms in total. The summed E-state index contributed by atoms with van der Waals surface area (Å²) in [6.07, 6.45) is 0.952. The standard InChI is InChI=1S/C18H26O4/c1-9-7-8-12-15(18(12,4)5)14-10(2)16(20-6)22-17(13(9)14)21-11(3)19/h12-17H,1-2,7-8H2,3-6H3/t12-,13-,14-,15-,16+,17-/m0/s1. The number of methoxy groups -OCH3 is 1. The first kappa shape index (κ1) is 15.8. The fourth-order valence-electron chi connectivity index (χ4n) is 4.78. The first-order valence-corrected chi connectivity index (χ1v) is 8.00. The number of hydrogen-bond acceptors (Lipinski definition) is 4. The van der Waals surface area contributed by atoms with Crippen LogP contribution in [0.1, 0.15) is 33.6 Å². The molecule has 0 N–H and O–H groups in total. The maximum absolute atomic E-state index is 11.5. The zero-order valence-corrected chi connectivity index (χ0v) is 13.9. The molecule has 6 atom stereocenters. The SMILES string of the molecule is C=C1CC[C@H]2[C@@H]([C@H]3C(=C)[C@H](OC)O[C@H](OC(C)=O)[C@@H]13)C2(C)C. The molecule has 0 bridgehead atoms. The second kappa shape index (κ2) is 5.20. The summed E-state index contributed by atoms with van der Waals surface area (Å²) in [6.45, 7) is 14.5. The predicted octanol–water partition coefficient (Wildman–Crippen LogP) is 3.29. The highest BCUT2D eigenvalue weighted by atomic mass is 16.8. The minimum atomic E-state index is -0.624. The summed E-state index contributed by atoms with van der Waals surface area (Å²) >= 11 is 0. The second-order valence-electron chi connectivity index (χ2n) is 7.46. The van der Waals surface area contributed by atoms with E-state index in [0.717, 1.165) is 24.0 Å². The molecule has 4 heteroatoms. The van der Waals surface area contributed by atoms with Crippen molar-refractivity contribution in [3.8, 4) is 0 Å². The smallest absolute Gasteiger partial charge is 0.304 e. The fourth-order valence-corrected chi connectivity index (χ4v) is 4.78. The Kier molecular flexibility index (Phi) is 3.73. The van der Waals surface area contributed by atoms with Gasteiger partial charge in [-0.2, -0.15) is 0 Å². The van der Waals surface area contributed by atoms with Crippen LogP contribution in [0.25, 0.3) is 0 Å². The Bertz CT molecular complexity index is 521. The van der Waals surface area contributed by atoms with E-state index in [4.69, 9.17) is 14.2 Å². The third-order valence-electron chi connectivity index (χ3n) is 5.94. The molecular weight excluding hydrogens is 280 g/mol. The number of rotatable bonds is 2. The summed E-state index contributed by atoms with van der Waals surface area (Å²) in [6, 6.07) is 0. The van der Waals surface area contributed by atoms with Crippen molar-refractivity contribution in [2.75, 3.05) is 7.11 Å². The third-order valence-corrected chi connectivity index (χ3v) is 5.94.